The molecule has 4 fully saturated rings. The summed E-state index contributed by atoms with van der Waals surface area (Å²) in [4.78, 5) is 22.3. The quantitative estimate of drug-likeness (QED) is 0.0927. The summed E-state index contributed by atoms with van der Waals surface area (Å²) in [7, 11) is 6.09. The molecular weight excluding hydrogens is 780 g/mol. The van der Waals surface area contributed by atoms with Gasteiger partial charge in [0.2, 0.25) is 0 Å². The summed E-state index contributed by atoms with van der Waals surface area (Å²) in [6.07, 6.45) is 30.4. The maximum Gasteiger partial charge on any atom is 1.00 e. The molecule has 5 rings (SSSR count). The molecule has 0 aromatic carbocycles. The molecule has 12 heteroatoms. The summed E-state index contributed by atoms with van der Waals surface area (Å²) in [5.74, 6) is -0.166. The third-order valence-corrected chi connectivity index (χ3v) is 11.7. The fourth-order valence-electron chi connectivity index (χ4n) is 8.19. The Balaban J connectivity index is 0. The second-order valence-electron chi connectivity index (χ2n) is 16.0. The molecule has 0 bridgehead atoms. The number of hydrogen-bond donors (Lipinski definition) is 1. The predicted molar refractivity (Wildman–Crippen MR) is 230 cm³/mol. The molecule has 340 valence electrons. The smallest absolute Gasteiger partial charge is 0.857 e. The first-order valence-corrected chi connectivity index (χ1v) is 22.8. The van der Waals surface area contributed by atoms with Gasteiger partial charge in [0.1, 0.15) is 5.78 Å². The number of allylic oxidation sites excluding steroid dienone is 3. The maximum atomic E-state index is 11.2. The monoisotopic (exact) mass is 866 g/mol. The van der Waals surface area contributed by atoms with Gasteiger partial charge in [-0.15, -0.1) is 0 Å². The van der Waals surface area contributed by atoms with Crippen LogP contribution in [0, 0.1) is 0 Å². The van der Waals surface area contributed by atoms with Crippen molar-refractivity contribution in [3.63, 3.8) is 0 Å². The molecule has 0 amide bonds. The zero-order valence-electron chi connectivity index (χ0n) is 39.9. The van der Waals surface area contributed by atoms with Crippen molar-refractivity contribution in [1.29, 1.82) is 0 Å². The maximum absolute atomic E-state index is 11.2. The van der Waals surface area contributed by atoms with Crippen LogP contribution in [0.1, 0.15) is 176 Å². The molecule has 2 saturated heterocycles. The van der Waals surface area contributed by atoms with E-state index in [1.165, 1.54) is 43.3 Å². The van der Waals surface area contributed by atoms with Gasteiger partial charge in [-0.1, -0.05) is 44.4 Å². The molecule has 59 heavy (non-hydrogen) atoms. The zero-order valence-corrected chi connectivity index (χ0v) is 42.0. The number of ketones is 2. The largest absolute Gasteiger partial charge is 1.00 e. The number of aliphatic hydroxyl groups excluding tert-OH is 1. The summed E-state index contributed by atoms with van der Waals surface area (Å²) < 4.78 is 38.3. The van der Waals surface area contributed by atoms with Crippen molar-refractivity contribution in [2.24, 2.45) is 0 Å². The van der Waals surface area contributed by atoms with Gasteiger partial charge in [0.15, 0.2) is 17.4 Å². The molecule has 5 aliphatic rings. The van der Waals surface area contributed by atoms with Crippen LogP contribution < -0.4 is 56.5 Å². The topological polar surface area (TPSA) is 142 Å². The Hall–Kier alpha value is 0.0964. The van der Waals surface area contributed by atoms with Crippen LogP contribution in [0.4, 0.5) is 0 Å². The minimum absolute atomic E-state index is 0. The van der Waals surface area contributed by atoms with Crippen LogP contribution in [0.2, 0.25) is 0 Å². The van der Waals surface area contributed by atoms with Crippen molar-refractivity contribution >= 4 is 11.6 Å². The Morgan fingerprint density at radius 2 is 1.19 bits per heavy atom. The first-order chi connectivity index (χ1) is 28.2. The number of Topliss-reactive ketones (excluding diaryl/α,β-unsaturated/α-hetero) is 1. The fourth-order valence-corrected chi connectivity index (χ4v) is 8.19. The van der Waals surface area contributed by atoms with Crippen molar-refractivity contribution in [1.82, 2.24) is 0 Å². The summed E-state index contributed by atoms with van der Waals surface area (Å²) in [6, 6.07) is 0. The van der Waals surface area contributed by atoms with Gasteiger partial charge in [0.25, 0.3) is 0 Å². The first-order valence-electron chi connectivity index (χ1n) is 22.8. The molecule has 11 nitrogen and oxygen atoms in total. The van der Waals surface area contributed by atoms with Gasteiger partial charge in [0, 0.05) is 60.0 Å². The van der Waals surface area contributed by atoms with E-state index >= 15 is 0 Å². The molecule has 0 aromatic heterocycles. The minimum atomic E-state index is -0.505. The number of rotatable bonds is 19. The number of aliphatic hydroxyl groups is 1. The van der Waals surface area contributed by atoms with Gasteiger partial charge < -0.3 is 43.4 Å². The van der Waals surface area contributed by atoms with Crippen LogP contribution in [0.3, 0.4) is 0 Å². The Morgan fingerprint density at radius 1 is 0.695 bits per heavy atom. The molecule has 2 heterocycles. The molecule has 3 aliphatic carbocycles. The SMILES string of the molecule is CCC(CCC/C=C1/CCCC2(C1)OCCO2)OC.CCC(CCCCC1=CC(=O)CCC1)OC.CCC(CCCCO)OC.C[O-].O=C1CCCC2(C1)OCCO2.[H+].[K+]. The minimum Gasteiger partial charge on any atom is -0.857 e. The van der Waals surface area contributed by atoms with Gasteiger partial charge in [0.05, 0.1) is 51.2 Å². The summed E-state index contributed by atoms with van der Waals surface area (Å²) in [6.45, 7) is 9.59. The number of methoxy groups -OCH3 is 3. The number of unbranched alkanes of at least 4 members (excludes halogenated alkanes) is 3. The number of carbonyl (C=O) groups is 2. The van der Waals surface area contributed by atoms with Crippen LogP contribution in [-0.4, -0.2) is 108 Å². The molecule has 2 saturated carbocycles. The Morgan fingerprint density at radius 3 is 1.66 bits per heavy atom. The second kappa shape index (κ2) is 37.5. The molecule has 0 radical (unpaired) electrons. The van der Waals surface area contributed by atoms with Crippen LogP contribution in [-0.2, 0) is 42.7 Å². The standard InChI is InChI=1S/C16H28O3.C14H24O2.C8H12O3.C8H18O2.CH3O.K/c1-3-15(17-2)9-5-4-7-14-8-6-10-16(13-14)18-11-12-19-16;1-3-14(16-2)10-5-4-7-12-8-6-9-13(15)11-12;9-7-2-1-3-8(6-7)10-4-5-11-8;1-3-8(10-2)6-4-5-7-9;1-2;/h7,15H,3-6,8-13H2,1-2H3;11,14H,3-10H2,1-2H3;1-6H2;8-9H,3-7H2,1-2H3;1H3;/q;;;;-1;+1/p+1/b14-7-;;;;;. The van der Waals surface area contributed by atoms with Gasteiger partial charge >= 0.3 is 52.8 Å². The van der Waals surface area contributed by atoms with Crippen molar-refractivity contribution in [2.45, 2.75) is 205 Å². The van der Waals surface area contributed by atoms with Crippen molar-refractivity contribution in [3.8, 4) is 0 Å². The van der Waals surface area contributed by atoms with Crippen molar-refractivity contribution < 1.29 is 106 Å². The van der Waals surface area contributed by atoms with E-state index < -0.39 is 5.79 Å². The van der Waals surface area contributed by atoms with E-state index in [0.717, 1.165) is 129 Å². The first kappa shape index (κ1) is 59.1. The Bertz CT molecular complexity index is 1100. The Labute approximate surface area is 403 Å². The van der Waals surface area contributed by atoms with E-state index in [1.807, 2.05) is 13.2 Å². The molecule has 2 spiro atoms. The molecule has 1 N–H and O–H groups in total. The van der Waals surface area contributed by atoms with Crippen molar-refractivity contribution in [2.75, 3.05) is 61.5 Å². The third-order valence-electron chi connectivity index (χ3n) is 11.7. The molecule has 3 unspecified atom stereocenters. The van der Waals surface area contributed by atoms with Crippen LogP contribution in [0.5, 0.6) is 0 Å². The van der Waals surface area contributed by atoms with Crippen LogP contribution >= 0.6 is 0 Å². The summed E-state index contributed by atoms with van der Waals surface area (Å²) in [5.41, 5.74) is 2.89. The molecule has 2 aliphatic heterocycles. The number of ether oxygens (including phenoxy) is 7. The van der Waals surface area contributed by atoms with E-state index in [4.69, 9.17) is 43.4 Å². The predicted octanol–water partition coefficient (Wildman–Crippen LogP) is 6.02. The van der Waals surface area contributed by atoms with Gasteiger partial charge in [-0.3, -0.25) is 9.59 Å². The second-order valence-corrected chi connectivity index (χ2v) is 16.0. The summed E-state index contributed by atoms with van der Waals surface area (Å²) >= 11 is 0. The Kier molecular flexibility index (Phi) is 37.5. The normalized spacial score (nSPS) is 21.3. The number of carbonyl (C=O) groups excluding carboxylic acids is 2. The summed E-state index contributed by atoms with van der Waals surface area (Å²) in [5, 5.41) is 16.7. The average Bonchev–Trinajstić information content (AvgIpc) is 3.90. The van der Waals surface area contributed by atoms with E-state index in [-0.39, 0.29) is 64.4 Å². The third kappa shape index (κ3) is 26.5. The van der Waals surface area contributed by atoms with Crippen LogP contribution in [0.25, 0.3) is 0 Å². The number of hydrogen-bond acceptors (Lipinski definition) is 11. The van der Waals surface area contributed by atoms with Gasteiger partial charge in [-0.25, -0.2) is 0 Å². The molecule has 3 atom stereocenters. The van der Waals surface area contributed by atoms with Crippen LogP contribution in [0.15, 0.2) is 23.3 Å². The average molecular weight is 866 g/mol. The van der Waals surface area contributed by atoms with Gasteiger partial charge in [-0.2, -0.15) is 7.11 Å². The fraction of sp³-hybridized carbons (Fsp3) is 0.872. The molecular formula is C47H86KO11+. The van der Waals surface area contributed by atoms with Crippen molar-refractivity contribution in [3.05, 3.63) is 23.3 Å². The zero-order chi connectivity index (χ0) is 42.9. The van der Waals surface area contributed by atoms with E-state index in [1.54, 1.807) is 14.2 Å². The van der Waals surface area contributed by atoms with E-state index in [0.29, 0.717) is 56.8 Å². The molecule has 0 aromatic rings. The van der Waals surface area contributed by atoms with E-state index in [9.17, 15) is 9.59 Å². The van der Waals surface area contributed by atoms with Gasteiger partial charge in [-0.05, 0) is 115 Å². The van der Waals surface area contributed by atoms with E-state index in [2.05, 4.69) is 26.8 Å².